The maximum atomic E-state index is 12.3. The summed E-state index contributed by atoms with van der Waals surface area (Å²) in [6.45, 7) is 0.311. The van der Waals surface area contributed by atoms with E-state index in [9.17, 15) is 14.7 Å². The van der Waals surface area contributed by atoms with Gasteiger partial charge in [-0.1, -0.05) is 18.2 Å². The third kappa shape index (κ3) is 2.69. The van der Waals surface area contributed by atoms with Crippen molar-refractivity contribution >= 4 is 28.9 Å². The Balaban J connectivity index is 1.98. The molecule has 2 aromatic rings. The van der Waals surface area contributed by atoms with Crippen molar-refractivity contribution in [3.8, 4) is 0 Å². The lowest BCUT2D eigenvalue weighted by atomic mass is 10.1. The van der Waals surface area contributed by atoms with Gasteiger partial charge >= 0.3 is 5.97 Å². The highest BCUT2D eigenvalue weighted by Gasteiger charge is 2.24. The van der Waals surface area contributed by atoms with Crippen molar-refractivity contribution in [2.24, 2.45) is 0 Å². The molecule has 0 radical (unpaired) electrons. The van der Waals surface area contributed by atoms with Crippen LogP contribution in [-0.2, 0) is 17.8 Å². The van der Waals surface area contributed by atoms with Gasteiger partial charge in [0.05, 0.1) is 17.8 Å². The largest absolute Gasteiger partial charge is 0.478 e. The number of aryl methyl sites for hydroxylation is 1. The highest BCUT2D eigenvalue weighted by atomic mass is 32.1. The molecule has 3 rings (SSSR count). The van der Waals surface area contributed by atoms with E-state index in [4.69, 9.17) is 0 Å². The van der Waals surface area contributed by atoms with Crippen molar-refractivity contribution < 1.29 is 14.7 Å². The van der Waals surface area contributed by atoms with Gasteiger partial charge in [-0.05, 0) is 35.9 Å². The lowest BCUT2D eigenvalue weighted by Gasteiger charge is -2.22. The molecule has 0 saturated heterocycles. The van der Waals surface area contributed by atoms with E-state index >= 15 is 0 Å². The van der Waals surface area contributed by atoms with Gasteiger partial charge < -0.3 is 10.0 Å². The molecule has 0 fully saturated rings. The van der Waals surface area contributed by atoms with Crippen LogP contribution >= 0.6 is 11.3 Å². The summed E-state index contributed by atoms with van der Waals surface area (Å²) >= 11 is 1.66. The van der Waals surface area contributed by atoms with E-state index in [1.54, 1.807) is 40.5 Å². The van der Waals surface area contributed by atoms with Crippen molar-refractivity contribution in [2.75, 3.05) is 4.90 Å². The smallest absolute Gasteiger partial charge is 0.336 e. The number of hydrogen-bond donors (Lipinski definition) is 1. The molecule has 0 unspecified atom stereocenters. The molecule has 0 atom stereocenters. The number of aromatic carboxylic acids is 1. The van der Waals surface area contributed by atoms with Gasteiger partial charge in [0, 0.05) is 11.3 Å². The minimum Gasteiger partial charge on any atom is -0.478 e. The third-order valence-electron chi connectivity index (χ3n) is 3.68. The van der Waals surface area contributed by atoms with Gasteiger partial charge in [0.15, 0.2) is 0 Å². The van der Waals surface area contributed by atoms with E-state index in [0.717, 1.165) is 18.5 Å². The predicted molar refractivity (Wildman–Crippen MR) is 81.8 cm³/mol. The summed E-state index contributed by atoms with van der Waals surface area (Å²) in [7, 11) is 0. The molecule has 108 valence electrons. The average Bonchev–Trinajstić information content (AvgIpc) is 2.87. The van der Waals surface area contributed by atoms with Crippen LogP contribution in [0.4, 0.5) is 5.69 Å². The van der Waals surface area contributed by atoms with Gasteiger partial charge in [0.1, 0.15) is 0 Å². The first kappa shape index (κ1) is 13.8. The van der Waals surface area contributed by atoms with Gasteiger partial charge in [0.2, 0.25) is 5.91 Å². The van der Waals surface area contributed by atoms with Crippen LogP contribution in [0.25, 0.3) is 0 Å². The summed E-state index contributed by atoms with van der Waals surface area (Å²) in [6, 6.07) is 8.81. The van der Waals surface area contributed by atoms with Crippen molar-refractivity contribution in [3.63, 3.8) is 0 Å². The van der Waals surface area contributed by atoms with Crippen LogP contribution in [0, 0.1) is 0 Å². The Kier molecular flexibility index (Phi) is 3.75. The number of thiophene rings is 1. The number of carbonyl (C=O) groups excluding carboxylic acids is 1. The molecule has 1 amide bonds. The number of carbonyl (C=O) groups is 2. The summed E-state index contributed by atoms with van der Waals surface area (Å²) in [6.07, 6.45) is 2.27. The summed E-state index contributed by atoms with van der Waals surface area (Å²) in [4.78, 5) is 26.6. The Hall–Kier alpha value is -2.14. The zero-order valence-corrected chi connectivity index (χ0v) is 12.2. The summed E-state index contributed by atoms with van der Waals surface area (Å²) in [5.41, 5.74) is 1.85. The van der Waals surface area contributed by atoms with Gasteiger partial charge in [-0.15, -0.1) is 11.3 Å². The standard InChI is InChI=1S/C16H15NO3S/c18-15-7-3-6-14-13(8-9-21-14)17(15)10-11-4-1-2-5-12(11)16(19)20/h1-2,4-5,8-9H,3,6-7,10H2,(H,19,20). The minimum atomic E-state index is -0.960. The highest BCUT2D eigenvalue weighted by Crippen LogP contribution is 2.32. The van der Waals surface area contributed by atoms with Crippen LogP contribution < -0.4 is 4.90 Å². The van der Waals surface area contributed by atoms with Gasteiger partial charge in [-0.25, -0.2) is 4.79 Å². The van der Waals surface area contributed by atoms with E-state index < -0.39 is 5.97 Å². The fourth-order valence-electron chi connectivity index (χ4n) is 2.64. The second-order valence-electron chi connectivity index (χ2n) is 5.02. The molecule has 0 aliphatic carbocycles. The first-order valence-corrected chi connectivity index (χ1v) is 7.72. The molecule has 1 aromatic heterocycles. The zero-order chi connectivity index (χ0) is 14.8. The number of fused-ring (bicyclic) bond motifs is 1. The number of rotatable bonds is 3. The maximum absolute atomic E-state index is 12.3. The number of nitrogens with zero attached hydrogens (tertiary/aromatic N) is 1. The third-order valence-corrected chi connectivity index (χ3v) is 4.65. The van der Waals surface area contributed by atoms with E-state index in [1.165, 1.54) is 4.88 Å². The molecule has 0 spiro atoms. The molecular weight excluding hydrogens is 286 g/mol. The fraction of sp³-hybridized carbons (Fsp3) is 0.250. The first-order valence-electron chi connectivity index (χ1n) is 6.85. The summed E-state index contributed by atoms with van der Waals surface area (Å²) < 4.78 is 0. The number of hydrogen-bond acceptors (Lipinski definition) is 3. The first-order chi connectivity index (χ1) is 10.2. The lowest BCUT2D eigenvalue weighted by molar-refractivity contribution is -0.118. The van der Waals surface area contributed by atoms with Crippen molar-refractivity contribution in [3.05, 3.63) is 51.7 Å². The van der Waals surface area contributed by atoms with E-state index in [0.29, 0.717) is 18.5 Å². The van der Waals surface area contributed by atoms with E-state index in [-0.39, 0.29) is 11.5 Å². The number of carboxylic acids is 1. The molecular formula is C16H15NO3S. The fourth-order valence-corrected chi connectivity index (χ4v) is 3.56. The Bertz CT molecular complexity index is 692. The normalized spacial score (nSPS) is 14.7. The zero-order valence-electron chi connectivity index (χ0n) is 11.4. The highest BCUT2D eigenvalue weighted by molar-refractivity contribution is 7.10. The van der Waals surface area contributed by atoms with Crippen LogP contribution in [0.1, 0.15) is 33.6 Å². The summed E-state index contributed by atoms with van der Waals surface area (Å²) in [5, 5.41) is 11.3. The Morgan fingerprint density at radius 3 is 2.86 bits per heavy atom. The van der Waals surface area contributed by atoms with Gasteiger partial charge in [-0.2, -0.15) is 0 Å². The molecule has 4 nitrogen and oxygen atoms in total. The number of amides is 1. The molecule has 0 saturated carbocycles. The number of benzene rings is 1. The monoisotopic (exact) mass is 301 g/mol. The second kappa shape index (κ2) is 5.69. The van der Waals surface area contributed by atoms with Gasteiger partial charge in [0.25, 0.3) is 0 Å². The molecule has 21 heavy (non-hydrogen) atoms. The van der Waals surface area contributed by atoms with Crippen LogP contribution in [0.15, 0.2) is 35.7 Å². The topological polar surface area (TPSA) is 57.6 Å². The van der Waals surface area contributed by atoms with Crippen molar-refractivity contribution in [1.82, 2.24) is 0 Å². The molecule has 5 heteroatoms. The SMILES string of the molecule is O=C(O)c1ccccc1CN1C(=O)CCCc2sccc21. The van der Waals surface area contributed by atoms with Crippen molar-refractivity contribution in [1.29, 1.82) is 0 Å². The predicted octanol–water partition coefficient (Wildman–Crippen LogP) is 3.32. The van der Waals surface area contributed by atoms with Crippen LogP contribution in [-0.4, -0.2) is 17.0 Å². The molecule has 0 bridgehead atoms. The maximum Gasteiger partial charge on any atom is 0.336 e. The van der Waals surface area contributed by atoms with Gasteiger partial charge in [-0.3, -0.25) is 4.79 Å². The van der Waals surface area contributed by atoms with Crippen LogP contribution in [0.3, 0.4) is 0 Å². The second-order valence-corrected chi connectivity index (χ2v) is 6.03. The van der Waals surface area contributed by atoms with E-state index in [2.05, 4.69) is 0 Å². The summed E-state index contributed by atoms with van der Waals surface area (Å²) in [5.74, 6) is -0.897. The molecule has 1 aliphatic rings. The molecule has 1 N–H and O–H groups in total. The average molecular weight is 301 g/mol. The van der Waals surface area contributed by atoms with E-state index in [1.807, 2.05) is 11.4 Å². The van der Waals surface area contributed by atoms with Crippen LogP contribution in [0.2, 0.25) is 0 Å². The number of anilines is 1. The minimum absolute atomic E-state index is 0.0624. The quantitative estimate of drug-likeness (QED) is 0.946. The Morgan fingerprint density at radius 1 is 1.24 bits per heavy atom. The molecule has 2 heterocycles. The molecule has 1 aliphatic heterocycles. The Labute approximate surface area is 126 Å². The molecule has 1 aromatic carbocycles. The van der Waals surface area contributed by atoms with Crippen LogP contribution in [0.5, 0.6) is 0 Å². The Morgan fingerprint density at radius 2 is 2.05 bits per heavy atom. The van der Waals surface area contributed by atoms with Crippen molar-refractivity contribution in [2.45, 2.75) is 25.8 Å². The number of carboxylic acid groups (broad SMARTS) is 1. The lowest BCUT2D eigenvalue weighted by Crippen LogP contribution is -2.30.